The van der Waals surface area contributed by atoms with Gasteiger partial charge in [0.2, 0.25) is 5.91 Å². The van der Waals surface area contributed by atoms with Crippen LogP contribution in [0.15, 0.2) is 24.3 Å². The minimum atomic E-state index is -0.397. The van der Waals surface area contributed by atoms with Gasteiger partial charge in [0.05, 0.1) is 13.2 Å². The van der Waals surface area contributed by atoms with E-state index in [0.717, 1.165) is 0 Å². The van der Waals surface area contributed by atoms with Crippen molar-refractivity contribution in [2.75, 3.05) is 26.3 Å². The van der Waals surface area contributed by atoms with Gasteiger partial charge in [-0.2, -0.15) is 0 Å². The summed E-state index contributed by atoms with van der Waals surface area (Å²) in [5, 5.41) is 3.04. The summed E-state index contributed by atoms with van der Waals surface area (Å²) in [5.41, 5.74) is 0.502. The minimum Gasteiger partial charge on any atom is -0.379 e. The number of nitrogens with one attached hydrogen (secondary N) is 1. The molecule has 1 aromatic rings. The Morgan fingerprint density at radius 2 is 2.20 bits per heavy atom. The zero-order valence-corrected chi connectivity index (χ0v) is 11.9. The second kappa shape index (κ2) is 6.81. The molecule has 0 aromatic heterocycles. The normalized spacial score (nSPS) is 19.1. The number of hydrogen-bond acceptors (Lipinski definition) is 3. The number of amides is 1. The van der Waals surface area contributed by atoms with Crippen molar-refractivity contribution in [3.8, 4) is 0 Å². The quantitative estimate of drug-likeness (QED) is 0.810. The van der Waals surface area contributed by atoms with Crippen LogP contribution in [0.5, 0.6) is 0 Å². The van der Waals surface area contributed by atoms with Crippen LogP contribution < -0.4 is 5.32 Å². The van der Waals surface area contributed by atoms with Crippen molar-refractivity contribution in [1.29, 1.82) is 0 Å². The lowest BCUT2D eigenvalue weighted by molar-refractivity contribution is -0.128. The Labute approximate surface area is 118 Å². The third kappa shape index (κ3) is 3.55. The second-order valence-corrected chi connectivity index (χ2v) is 5.36. The standard InChI is InChI=1S/C15H21FN2O2/c1-11(2)10-20-8-7-18-14(19)9-17-15(18)12-5-3-4-6-13(12)16/h3-6,11,15,17H,7-10H2,1-2H3. The van der Waals surface area contributed by atoms with Crippen molar-refractivity contribution in [2.45, 2.75) is 20.0 Å². The van der Waals surface area contributed by atoms with Crippen molar-refractivity contribution in [3.63, 3.8) is 0 Å². The minimum absolute atomic E-state index is 0.0219. The average molecular weight is 280 g/mol. The summed E-state index contributed by atoms with van der Waals surface area (Å²) in [6.07, 6.45) is -0.397. The van der Waals surface area contributed by atoms with Gasteiger partial charge in [-0.1, -0.05) is 32.0 Å². The number of carbonyl (C=O) groups excluding carboxylic acids is 1. The zero-order valence-electron chi connectivity index (χ0n) is 11.9. The summed E-state index contributed by atoms with van der Waals surface area (Å²) in [5.74, 6) is 0.143. The van der Waals surface area contributed by atoms with E-state index in [0.29, 0.717) is 31.2 Å². The molecule has 1 N–H and O–H groups in total. The highest BCUT2D eigenvalue weighted by Gasteiger charge is 2.32. The first-order valence-electron chi connectivity index (χ1n) is 6.94. The van der Waals surface area contributed by atoms with Crippen LogP contribution in [0, 0.1) is 11.7 Å². The molecule has 0 aliphatic carbocycles. The van der Waals surface area contributed by atoms with Crippen molar-refractivity contribution in [1.82, 2.24) is 10.2 Å². The predicted octanol–water partition coefficient (Wildman–Crippen LogP) is 1.93. The Kier molecular flexibility index (Phi) is 5.09. The molecule has 1 amide bonds. The number of rotatable bonds is 6. The molecule has 20 heavy (non-hydrogen) atoms. The van der Waals surface area contributed by atoms with E-state index in [9.17, 15) is 9.18 Å². The lowest BCUT2D eigenvalue weighted by atomic mass is 10.1. The Morgan fingerprint density at radius 1 is 1.45 bits per heavy atom. The summed E-state index contributed by atoms with van der Waals surface area (Å²) in [7, 11) is 0. The first-order chi connectivity index (χ1) is 9.59. The molecule has 1 saturated heterocycles. The maximum Gasteiger partial charge on any atom is 0.238 e. The molecule has 4 nitrogen and oxygen atoms in total. The Bertz CT molecular complexity index is 465. The molecule has 110 valence electrons. The van der Waals surface area contributed by atoms with Crippen LogP contribution in [-0.2, 0) is 9.53 Å². The average Bonchev–Trinajstić information content (AvgIpc) is 2.76. The van der Waals surface area contributed by atoms with Crippen LogP contribution in [-0.4, -0.2) is 37.1 Å². The van der Waals surface area contributed by atoms with Crippen LogP contribution in [0.1, 0.15) is 25.6 Å². The first kappa shape index (κ1) is 14.9. The Balaban J connectivity index is 1.98. The summed E-state index contributed by atoms with van der Waals surface area (Å²) in [6, 6.07) is 6.53. The van der Waals surface area contributed by atoms with E-state index in [1.807, 2.05) is 0 Å². The maximum absolute atomic E-state index is 13.8. The highest BCUT2D eigenvalue weighted by molar-refractivity contribution is 5.80. The molecule has 5 heteroatoms. The highest BCUT2D eigenvalue weighted by Crippen LogP contribution is 2.24. The van der Waals surface area contributed by atoms with Crippen LogP contribution in [0.3, 0.4) is 0 Å². The number of benzene rings is 1. The van der Waals surface area contributed by atoms with E-state index in [4.69, 9.17) is 4.74 Å². The summed E-state index contributed by atoms with van der Waals surface area (Å²) >= 11 is 0. The molecule has 0 radical (unpaired) electrons. The molecule has 1 heterocycles. The van der Waals surface area contributed by atoms with Crippen molar-refractivity contribution in [3.05, 3.63) is 35.6 Å². The number of carbonyl (C=O) groups is 1. The Hall–Kier alpha value is -1.46. The van der Waals surface area contributed by atoms with E-state index in [1.165, 1.54) is 6.07 Å². The van der Waals surface area contributed by atoms with Gasteiger partial charge in [-0.3, -0.25) is 10.1 Å². The summed E-state index contributed by atoms with van der Waals surface area (Å²) < 4.78 is 19.3. The van der Waals surface area contributed by atoms with Gasteiger partial charge in [-0.05, 0) is 12.0 Å². The maximum atomic E-state index is 13.8. The van der Waals surface area contributed by atoms with Gasteiger partial charge in [0, 0.05) is 18.7 Å². The third-order valence-corrected chi connectivity index (χ3v) is 3.21. The smallest absolute Gasteiger partial charge is 0.238 e. The molecule has 1 atom stereocenters. The lowest BCUT2D eigenvalue weighted by Crippen LogP contribution is -2.34. The fourth-order valence-electron chi connectivity index (χ4n) is 2.25. The molecule has 1 aliphatic rings. The molecule has 1 fully saturated rings. The van der Waals surface area contributed by atoms with Crippen LogP contribution >= 0.6 is 0 Å². The number of hydrogen-bond donors (Lipinski definition) is 1. The van der Waals surface area contributed by atoms with Crippen LogP contribution in [0.25, 0.3) is 0 Å². The molecule has 0 saturated carbocycles. The molecule has 0 spiro atoms. The summed E-state index contributed by atoms with van der Waals surface area (Å²) in [4.78, 5) is 13.5. The van der Waals surface area contributed by atoms with E-state index in [2.05, 4.69) is 19.2 Å². The largest absolute Gasteiger partial charge is 0.379 e. The second-order valence-electron chi connectivity index (χ2n) is 5.36. The van der Waals surface area contributed by atoms with Gasteiger partial charge < -0.3 is 9.64 Å². The molecule has 2 rings (SSSR count). The predicted molar refractivity (Wildman–Crippen MR) is 74.5 cm³/mol. The fraction of sp³-hybridized carbons (Fsp3) is 0.533. The molecule has 0 bridgehead atoms. The molecule has 1 unspecified atom stereocenters. The van der Waals surface area contributed by atoms with Gasteiger partial charge in [-0.25, -0.2) is 4.39 Å². The van der Waals surface area contributed by atoms with Gasteiger partial charge in [-0.15, -0.1) is 0 Å². The topological polar surface area (TPSA) is 41.6 Å². The van der Waals surface area contributed by atoms with Gasteiger partial charge in [0.25, 0.3) is 0 Å². The molecular formula is C15H21FN2O2. The van der Waals surface area contributed by atoms with Crippen molar-refractivity contribution < 1.29 is 13.9 Å². The number of halogens is 1. The van der Waals surface area contributed by atoms with Gasteiger partial charge >= 0.3 is 0 Å². The number of nitrogens with zero attached hydrogens (tertiary/aromatic N) is 1. The molecular weight excluding hydrogens is 259 g/mol. The van der Waals surface area contributed by atoms with Gasteiger partial charge in [0.1, 0.15) is 12.0 Å². The van der Waals surface area contributed by atoms with E-state index >= 15 is 0 Å². The zero-order chi connectivity index (χ0) is 14.5. The van der Waals surface area contributed by atoms with Gasteiger partial charge in [0.15, 0.2) is 0 Å². The van der Waals surface area contributed by atoms with E-state index in [1.54, 1.807) is 23.1 Å². The van der Waals surface area contributed by atoms with E-state index in [-0.39, 0.29) is 18.3 Å². The third-order valence-electron chi connectivity index (χ3n) is 3.21. The van der Waals surface area contributed by atoms with E-state index < -0.39 is 6.17 Å². The Morgan fingerprint density at radius 3 is 2.90 bits per heavy atom. The number of ether oxygens (including phenoxy) is 1. The first-order valence-corrected chi connectivity index (χ1v) is 6.94. The highest BCUT2D eigenvalue weighted by atomic mass is 19.1. The van der Waals surface area contributed by atoms with Crippen molar-refractivity contribution in [2.24, 2.45) is 5.92 Å². The summed E-state index contributed by atoms with van der Waals surface area (Å²) in [6.45, 7) is 5.99. The lowest BCUT2D eigenvalue weighted by Gasteiger charge is -2.25. The van der Waals surface area contributed by atoms with Crippen LogP contribution in [0.4, 0.5) is 4.39 Å². The molecule has 1 aromatic carbocycles. The fourth-order valence-corrected chi connectivity index (χ4v) is 2.25. The monoisotopic (exact) mass is 280 g/mol. The molecule has 1 aliphatic heterocycles. The van der Waals surface area contributed by atoms with Crippen LogP contribution in [0.2, 0.25) is 0 Å². The SMILES string of the molecule is CC(C)COCCN1C(=O)CNC1c1ccccc1F. The van der Waals surface area contributed by atoms with Crippen molar-refractivity contribution >= 4 is 5.91 Å².